The third-order valence-corrected chi connectivity index (χ3v) is 2.21. The SMILES string of the molecule is FC(F)c1c(I)cncc1OC(F)(F)F. The lowest BCUT2D eigenvalue weighted by molar-refractivity contribution is -0.275. The molecule has 0 aliphatic carbocycles. The smallest absolute Gasteiger partial charge is 0.404 e. The molecule has 2 nitrogen and oxygen atoms in total. The zero-order valence-corrected chi connectivity index (χ0v) is 9.01. The number of rotatable bonds is 2. The van der Waals surface area contributed by atoms with Gasteiger partial charge in [0.2, 0.25) is 0 Å². The summed E-state index contributed by atoms with van der Waals surface area (Å²) in [4.78, 5) is 3.35. The number of ether oxygens (including phenoxy) is 1. The number of hydrogen-bond donors (Lipinski definition) is 0. The van der Waals surface area contributed by atoms with Crippen molar-refractivity contribution in [3.63, 3.8) is 0 Å². The van der Waals surface area contributed by atoms with Crippen LogP contribution in [0.15, 0.2) is 12.4 Å². The molecule has 0 aromatic carbocycles. The van der Waals surface area contributed by atoms with Crippen LogP contribution in [0.1, 0.15) is 12.0 Å². The highest BCUT2D eigenvalue weighted by Gasteiger charge is 2.34. The second-order valence-corrected chi connectivity index (χ2v) is 3.54. The molecule has 0 saturated carbocycles. The van der Waals surface area contributed by atoms with Crippen molar-refractivity contribution in [2.75, 3.05) is 0 Å². The van der Waals surface area contributed by atoms with Gasteiger partial charge in [0.05, 0.1) is 11.8 Å². The molecule has 0 atom stereocenters. The van der Waals surface area contributed by atoms with Crippen LogP contribution in [0.5, 0.6) is 5.75 Å². The van der Waals surface area contributed by atoms with Crippen molar-refractivity contribution in [2.24, 2.45) is 0 Å². The number of hydrogen-bond acceptors (Lipinski definition) is 2. The summed E-state index contributed by atoms with van der Waals surface area (Å²) in [5.41, 5.74) is -0.803. The van der Waals surface area contributed by atoms with E-state index in [9.17, 15) is 22.0 Å². The maximum absolute atomic E-state index is 12.4. The Hall–Kier alpha value is -0.670. The maximum atomic E-state index is 12.4. The fourth-order valence-electron chi connectivity index (χ4n) is 0.845. The number of pyridine rings is 1. The summed E-state index contributed by atoms with van der Waals surface area (Å²) in [5, 5.41) is 0. The van der Waals surface area contributed by atoms with Crippen LogP contribution in [0.4, 0.5) is 22.0 Å². The lowest BCUT2D eigenvalue weighted by atomic mass is 10.2. The molecule has 0 unspecified atom stereocenters. The van der Waals surface area contributed by atoms with E-state index in [0.717, 1.165) is 6.20 Å². The molecule has 8 heteroatoms. The van der Waals surface area contributed by atoms with E-state index in [2.05, 4.69) is 9.72 Å². The van der Waals surface area contributed by atoms with E-state index in [-0.39, 0.29) is 3.57 Å². The van der Waals surface area contributed by atoms with Crippen molar-refractivity contribution in [3.8, 4) is 5.75 Å². The minimum atomic E-state index is -5.00. The van der Waals surface area contributed by atoms with Crippen molar-refractivity contribution >= 4 is 22.6 Å². The molecule has 84 valence electrons. The normalized spacial score (nSPS) is 11.9. The molecular weight excluding hydrogens is 336 g/mol. The van der Waals surface area contributed by atoms with E-state index < -0.39 is 24.1 Å². The van der Waals surface area contributed by atoms with E-state index in [0.29, 0.717) is 6.20 Å². The fraction of sp³-hybridized carbons (Fsp3) is 0.286. The van der Waals surface area contributed by atoms with Gasteiger partial charge in [0.25, 0.3) is 6.43 Å². The molecule has 0 spiro atoms. The van der Waals surface area contributed by atoms with Crippen molar-refractivity contribution in [1.29, 1.82) is 0 Å². The number of alkyl halides is 5. The summed E-state index contributed by atoms with van der Waals surface area (Å²) in [6.07, 6.45) is -6.41. The first-order valence-electron chi connectivity index (χ1n) is 3.48. The van der Waals surface area contributed by atoms with E-state index >= 15 is 0 Å². The third-order valence-electron chi connectivity index (χ3n) is 1.35. The van der Waals surface area contributed by atoms with E-state index in [1.54, 1.807) is 0 Å². The van der Waals surface area contributed by atoms with Crippen LogP contribution in [0.3, 0.4) is 0 Å². The highest BCUT2D eigenvalue weighted by atomic mass is 127. The monoisotopic (exact) mass is 339 g/mol. The molecule has 1 aromatic rings. The molecular formula is C7H3F5INO. The molecule has 0 fully saturated rings. The Labute approximate surface area is 94.6 Å². The van der Waals surface area contributed by atoms with Crippen LogP contribution >= 0.6 is 22.6 Å². The Balaban J connectivity index is 3.12. The van der Waals surface area contributed by atoms with E-state index in [1.807, 2.05) is 0 Å². The molecule has 1 aromatic heterocycles. The van der Waals surface area contributed by atoms with Crippen LogP contribution in [0, 0.1) is 3.57 Å². The maximum Gasteiger partial charge on any atom is 0.573 e. The van der Waals surface area contributed by atoms with Gasteiger partial charge >= 0.3 is 6.36 Å². The van der Waals surface area contributed by atoms with Gasteiger partial charge in [-0.25, -0.2) is 8.78 Å². The highest BCUT2D eigenvalue weighted by Crippen LogP contribution is 2.34. The van der Waals surface area contributed by atoms with Gasteiger partial charge in [0, 0.05) is 9.77 Å². The zero-order chi connectivity index (χ0) is 11.6. The second-order valence-electron chi connectivity index (χ2n) is 2.38. The van der Waals surface area contributed by atoms with Gasteiger partial charge in [-0.05, 0) is 22.6 Å². The molecule has 0 radical (unpaired) electrons. The Morgan fingerprint density at radius 1 is 1.27 bits per heavy atom. The minimum absolute atomic E-state index is 0.0793. The molecule has 0 aliphatic rings. The molecule has 15 heavy (non-hydrogen) atoms. The minimum Gasteiger partial charge on any atom is -0.404 e. The Morgan fingerprint density at radius 2 is 1.87 bits per heavy atom. The summed E-state index contributed by atoms with van der Waals surface area (Å²) < 4.78 is 63.6. The topological polar surface area (TPSA) is 22.1 Å². The Morgan fingerprint density at radius 3 is 2.33 bits per heavy atom. The number of nitrogens with zero attached hydrogens (tertiary/aromatic N) is 1. The van der Waals surface area contributed by atoms with Crippen molar-refractivity contribution in [2.45, 2.75) is 12.8 Å². The Bertz CT molecular complexity index is 354. The molecule has 0 N–H and O–H groups in total. The molecule has 0 amide bonds. The Kier molecular flexibility index (Phi) is 3.68. The molecule has 0 aliphatic heterocycles. The van der Waals surface area contributed by atoms with Gasteiger partial charge in [-0.3, -0.25) is 4.98 Å². The predicted octanol–water partition coefficient (Wildman–Crippen LogP) is 3.52. The van der Waals surface area contributed by atoms with Gasteiger partial charge in [-0.2, -0.15) is 0 Å². The summed E-state index contributed by atoms with van der Waals surface area (Å²) in [6, 6.07) is 0. The average molecular weight is 339 g/mol. The van der Waals surface area contributed by atoms with Gasteiger partial charge in [0.15, 0.2) is 5.75 Å². The highest BCUT2D eigenvalue weighted by molar-refractivity contribution is 14.1. The molecule has 0 saturated heterocycles. The standard InChI is InChI=1S/C7H3F5INO/c8-6(9)5-3(13)1-14-2-4(5)15-7(10,11)12/h1-2,6H. The van der Waals surface area contributed by atoms with Crippen LogP contribution in [-0.2, 0) is 0 Å². The number of aromatic nitrogens is 1. The van der Waals surface area contributed by atoms with Crippen molar-refractivity contribution < 1.29 is 26.7 Å². The first-order chi connectivity index (χ1) is 6.81. The van der Waals surface area contributed by atoms with Crippen LogP contribution in [-0.4, -0.2) is 11.3 Å². The van der Waals surface area contributed by atoms with E-state index in [4.69, 9.17) is 0 Å². The predicted molar refractivity (Wildman–Crippen MR) is 48.6 cm³/mol. The van der Waals surface area contributed by atoms with Crippen molar-refractivity contribution in [1.82, 2.24) is 4.98 Å². The fourth-order valence-corrected chi connectivity index (χ4v) is 1.51. The first kappa shape index (κ1) is 12.4. The molecule has 1 rings (SSSR count). The van der Waals surface area contributed by atoms with Gasteiger partial charge in [-0.1, -0.05) is 0 Å². The van der Waals surface area contributed by atoms with Gasteiger partial charge in [-0.15, -0.1) is 13.2 Å². The quantitative estimate of drug-likeness (QED) is 0.608. The summed E-state index contributed by atoms with van der Waals surface area (Å²) in [5.74, 6) is -0.968. The summed E-state index contributed by atoms with van der Waals surface area (Å²) >= 11 is 1.46. The lowest BCUT2D eigenvalue weighted by Gasteiger charge is -2.13. The van der Waals surface area contributed by atoms with Gasteiger partial charge < -0.3 is 4.74 Å². The van der Waals surface area contributed by atoms with Gasteiger partial charge in [0.1, 0.15) is 0 Å². The van der Waals surface area contributed by atoms with Crippen LogP contribution in [0.25, 0.3) is 0 Å². The molecule has 0 bridgehead atoms. The third kappa shape index (κ3) is 3.43. The van der Waals surface area contributed by atoms with E-state index in [1.165, 1.54) is 22.6 Å². The summed E-state index contributed by atoms with van der Waals surface area (Å²) in [6.45, 7) is 0. The number of halogens is 6. The largest absolute Gasteiger partial charge is 0.573 e. The van der Waals surface area contributed by atoms with Crippen molar-refractivity contribution in [3.05, 3.63) is 21.5 Å². The first-order valence-corrected chi connectivity index (χ1v) is 4.56. The summed E-state index contributed by atoms with van der Waals surface area (Å²) in [7, 11) is 0. The average Bonchev–Trinajstić information content (AvgIpc) is 1.99. The van der Waals surface area contributed by atoms with Crippen LogP contribution < -0.4 is 4.74 Å². The van der Waals surface area contributed by atoms with Crippen LogP contribution in [0.2, 0.25) is 0 Å². The molecule has 1 heterocycles. The zero-order valence-electron chi connectivity index (χ0n) is 6.86. The second kappa shape index (κ2) is 4.45. The lowest BCUT2D eigenvalue weighted by Crippen LogP contribution is -2.18.